The van der Waals surface area contributed by atoms with Crippen LogP contribution >= 0.6 is 11.3 Å². The average molecular weight is 419 g/mol. The molecule has 5 nitrogen and oxygen atoms in total. The first kappa shape index (κ1) is 20.2. The summed E-state index contributed by atoms with van der Waals surface area (Å²) in [6.07, 6.45) is 0. The quantitative estimate of drug-likeness (QED) is 0.383. The van der Waals surface area contributed by atoms with Gasteiger partial charge in [-0.05, 0) is 62.7 Å². The first-order chi connectivity index (χ1) is 14.6. The van der Waals surface area contributed by atoms with E-state index in [0.717, 1.165) is 57.5 Å². The molecular weight excluding hydrogens is 392 g/mol. The Morgan fingerprint density at radius 2 is 1.67 bits per heavy atom. The highest BCUT2D eigenvalue weighted by Gasteiger charge is 2.15. The molecule has 2 heterocycles. The van der Waals surface area contributed by atoms with Gasteiger partial charge in [-0.1, -0.05) is 12.1 Å². The van der Waals surface area contributed by atoms with E-state index in [1.165, 1.54) is 5.69 Å². The number of nitrogens with one attached hydrogen (secondary N) is 1. The molecule has 2 aromatic heterocycles. The largest absolute Gasteiger partial charge is 0.497 e. The van der Waals surface area contributed by atoms with Crippen molar-refractivity contribution in [3.05, 3.63) is 59.7 Å². The molecule has 30 heavy (non-hydrogen) atoms. The van der Waals surface area contributed by atoms with Crippen LogP contribution in [-0.2, 0) is 0 Å². The first-order valence-electron chi connectivity index (χ1n) is 10.1. The molecule has 0 radical (unpaired) electrons. The number of ether oxygens (including phenoxy) is 1. The van der Waals surface area contributed by atoms with Gasteiger partial charge >= 0.3 is 0 Å². The van der Waals surface area contributed by atoms with E-state index in [4.69, 9.17) is 9.72 Å². The third-order valence-electron chi connectivity index (χ3n) is 5.21. The Bertz CT molecular complexity index is 1130. The highest BCUT2D eigenvalue weighted by molar-refractivity contribution is 7.17. The SMILES string of the molecule is CCN(CC)c1ccc(Nc2nc(C)nc3scc(-c4ccc(OC)cc4)c23)cc1. The number of benzene rings is 2. The predicted octanol–water partition coefficient (Wildman–Crippen LogP) is 6.27. The van der Waals surface area contributed by atoms with Crippen molar-refractivity contribution in [3.8, 4) is 16.9 Å². The van der Waals surface area contributed by atoms with Crippen molar-refractivity contribution in [1.29, 1.82) is 0 Å². The van der Waals surface area contributed by atoms with Crippen LogP contribution in [0.4, 0.5) is 17.2 Å². The summed E-state index contributed by atoms with van der Waals surface area (Å²) in [6.45, 7) is 8.27. The van der Waals surface area contributed by atoms with Gasteiger partial charge in [0.05, 0.1) is 12.5 Å². The maximum absolute atomic E-state index is 5.30. The normalized spacial score (nSPS) is 10.9. The van der Waals surface area contributed by atoms with Crippen LogP contribution in [0.1, 0.15) is 19.7 Å². The standard InChI is InChI=1S/C24H26N4OS/c1-5-28(6-2)19-11-9-18(10-12-19)27-23-22-21(15-30-24(22)26-16(3)25-23)17-7-13-20(29-4)14-8-17/h7-15H,5-6H2,1-4H3,(H,25,26,27). The summed E-state index contributed by atoms with van der Waals surface area (Å²) >= 11 is 1.64. The zero-order valence-electron chi connectivity index (χ0n) is 17.8. The molecule has 0 fully saturated rings. The van der Waals surface area contributed by atoms with E-state index in [1.54, 1.807) is 18.4 Å². The number of nitrogens with zero attached hydrogens (tertiary/aromatic N) is 3. The highest BCUT2D eigenvalue weighted by Crippen LogP contribution is 2.38. The summed E-state index contributed by atoms with van der Waals surface area (Å²) in [6, 6.07) is 16.6. The molecule has 4 aromatic rings. The first-order valence-corrected chi connectivity index (χ1v) is 11.0. The molecule has 0 aliphatic rings. The van der Waals surface area contributed by atoms with Gasteiger partial charge in [-0.25, -0.2) is 9.97 Å². The minimum absolute atomic E-state index is 0.757. The lowest BCUT2D eigenvalue weighted by Gasteiger charge is -2.21. The molecule has 0 aliphatic carbocycles. The van der Waals surface area contributed by atoms with Gasteiger partial charge in [0.2, 0.25) is 0 Å². The number of anilines is 3. The molecule has 0 spiro atoms. The third-order valence-corrected chi connectivity index (χ3v) is 6.08. The van der Waals surface area contributed by atoms with E-state index in [-0.39, 0.29) is 0 Å². The molecule has 154 valence electrons. The lowest BCUT2D eigenvalue weighted by atomic mass is 10.1. The fraction of sp³-hybridized carbons (Fsp3) is 0.250. The minimum atomic E-state index is 0.757. The van der Waals surface area contributed by atoms with E-state index >= 15 is 0 Å². The monoisotopic (exact) mass is 418 g/mol. The van der Waals surface area contributed by atoms with Crippen LogP contribution in [0, 0.1) is 6.92 Å². The Balaban J connectivity index is 1.72. The minimum Gasteiger partial charge on any atom is -0.497 e. The number of fused-ring (bicyclic) bond motifs is 1. The number of hydrogen-bond donors (Lipinski definition) is 1. The van der Waals surface area contributed by atoms with Crippen molar-refractivity contribution < 1.29 is 4.74 Å². The second-order valence-electron chi connectivity index (χ2n) is 7.02. The van der Waals surface area contributed by atoms with Gasteiger partial charge in [0.1, 0.15) is 22.2 Å². The Hall–Kier alpha value is -3.12. The van der Waals surface area contributed by atoms with Gasteiger partial charge in [-0.2, -0.15) is 0 Å². The van der Waals surface area contributed by atoms with Crippen LogP contribution in [-0.4, -0.2) is 30.2 Å². The molecule has 0 amide bonds. The van der Waals surface area contributed by atoms with Gasteiger partial charge in [0.25, 0.3) is 0 Å². The zero-order valence-corrected chi connectivity index (χ0v) is 18.6. The van der Waals surface area contributed by atoms with Gasteiger partial charge in [-0.15, -0.1) is 11.3 Å². The number of rotatable bonds is 7. The van der Waals surface area contributed by atoms with Crippen LogP contribution in [0.15, 0.2) is 53.9 Å². The summed E-state index contributed by atoms with van der Waals surface area (Å²) in [5.74, 6) is 2.44. The van der Waals surface area contributed by atoms with Crippen molar-refractivity contribution >= 4 is 38.7 Å². The topological polar surface area (TPSA) is 50.3 Å². The maximum atomic E-state index is 5.30. The molecule has 0 saturated carbocycles. The molecule has 1 N–H and O–H groups in total. The smallest absolute Gasteiger partial charge is 0.143 e. The second kappa shape index (κ2) is 8.71. The summed E-state index contributed by atoms with van der Waals surface area (Å²) in [5, 5.41) is 6.71. The van der Waals surface area contributed by atoms with Crippen LogP contribution in [0.3, 0.4) is 0 Å². The number of aromatic nitrogens is 2. The van der Waals surface area contributed by atoms with Gasteiger partial charge in [0.15, 0.2) is 0 Å². The van der Waals surface area contributed by atoms with E-state index in [2.05, 4.69) is 70.8 Å². The van der Waals surface area contributed by atoms with E-state index in [0.29, 0.717) is 0 Å². The van der Waals surface area contributed by atoms with Crippen molar-refractivity contribution in [3.63, 3.8) is 0 Å². The summed E-state index contributed by atoms with van der Waals surface area (Å²) in [7, 11) is 1.68. The number of aryl methyl sites for hydroxylation is 1. The van der Waals surface area contributed by atoms with Crippen molar-refractivity contribution in [2.24, 2.45) is 0 Å². The Kier molecular flexibility index (Phi) is 5.86. The molecule has 0 aliphatic heterocycles. The number of methoxy groups -OCH3 is 1. The second-order valence-corrected chi connectivity index (χ2v) is 7.88. The van der Waals surface area contributed by atoms with Gasteiger partial charge < -0.3 is 15.0 Å². The fourth-order valence-corrected chi connectivity index (χ4v) is 4.60. The van der Waals surface area contributed by atoms with E-state index in [9.17, 15) is 0 Å². The van der Waals surface area contributed by atoms with Gasteiger partial charge in [-0.3, -0.25) is 0 Å². The summed E-state index contributed by atoms with van der Waals surface area (Å²) < 4.78 is 5.30. The molecule has 6 heteroatoms. The van der Waals surface area contributed by atoms with Crippen LogP contribution in [0.2, 0.25) is 0 Å². The van der Waals surface area contributed by atoms with Crippen LogP contribution in [0.25, 0.3) is 21.3 Å². The molecule has 2 aromatic carbocycles. The summed E-state index contributed by atoms with van der Waals surface area (Å²) in [4.78, 5) is 12.7. The fourth-order valence-electron chi connectivity index (χ4n) is 3.60. The van der Waals surface area contributed by atoms with Crippen LogP contribution < -0.4 is 15.0 Å². The van der Waals surface area contributed by atoms with Crippen LogP contribution in [0.5, 0.6) is 5.75 Å². The third kappa shape index (κ3) is 3.96. The number of hydrogen-bond acceptors (Lipinski definition) is 6. The van der Waals surface area contributed by atoms with Crippen molar-refractivity contribution in [2.45, 2.75) is 20.8 Å². The van der Waals surface area contributed by atoms with E-state index < -0.39 is 0 Å². The van der Waals surface area contributed by atoms with Crippen molar-refractivity contribution in [1.82, 2.24) is 9.97 Å². The molecule has 0 saturated heterocycles. The molecular formula is C24H26N4OS. The van der Waals surface area contributed by atoms with Gasteiger partial charge in [0, 0.05) is 35.4 Å². The Labute approximate surface area is 181 Å². The number of thiophene rings is 1. The van der Waals surface area contributed by atoms with Crippen molar-refractivity contribution in [2.75, 3.05) is 30.4 Å². The lowest BCUT2D eigenvalue weighted by molar-refractivity contribution is 0.415. The zero-order chi connectivity index (χ0) is 21.1. The molecule has 0 atom stereocenters. The Morgan fingerprint density at radius 3 is 2.30 bits per heavy atom. The maximum Gasteiger partial charge on any atom is 0.143 e. The Morgan fingerprint density at radius 1 is 0.967 bits per heavy atom. The summed E-state index contributed by atoms with van der Waals surface area (Å²) in [5.41, 5.74) is 4.48. The predicted molar refractivity (Wildman–Crippen MR) is 127 cm³/mol. The molecule has 0 bridgehead atoms. The highest BCUT2D eigenvalue weighted by atomic mass is 32.1. The molecule has 0 unspecified atom stereocenters. The molecule has 4 rings (SSSR count). The lowest BCUT2D eigenvalue weighted by Crippen LogP contribution is -2.21. The average Bonchev–Trinajstić information content (AvgIpc) is 3.20. The van der Waals surface area contributed by atoms with E-state index in [1.807, 2.05) is 19.1 Å².